The summed E-state index contributed by atoms with van der Waals surface area (Å²) < 4.78 is 18.7. The topological polar surface area (TPSA) is 144 Å². The lowest BCUT2D eigenvalue weighted by Gasteiger charge is -2.42. The second-order valence-corrected chi connectivity index (χ2v) is 17.1. The molecular formula is C49H54Cl2N4O7. The number of allylic oxidation sites excluding steroid dienone is 5. The Hall–Kier alpha value is -5.91. The van der Waals surface area contributed by atoms with Crippen molar-refractivity contribution in [3.05, 3.63) is 152 Å². The van der Waals surface area contributed by atoms with E-state index in [1.54, 1.807) is 28.0 Å². The summed E-state index contributed by atoms with van der Waals surface area (Å²) in [6.07, 6.45) is 3.33. The number of amides is 3. The van der Waals surface area contributed by atoms with E-state index in [0.29, 0.717) is 45.2 Å². The van der Waals surface area contributed by atoms with Gasteiger partial charge in [-0.2, -0.15) is 0 Å². The van der Waals surface area contributed by atoms with Crippen LogP contribution in [0.3, 0.4) is 0 Å². The molecule has 11 nitrogen and oxygen atoms in total. The van der Waals surface area contributed by atoms with Crippen molar-refractivity contribution >= 4 is 46.7 Å². The van der Waals surface area contributed by atoms with Gasteiger partial charge in [0.15, 0.2) is 17.6 Å². The highest BCUT2D eigenvalue weighted by Gasteiger charge is 2.40. The van der Waals surface area contributed by atoms with Crippen molar-refractivity contribution in [3.63, 3.8) is 0 Å². The molecule has 4 aromatic rings. The van der Waals surface area contributed by atoms with E-state index in [-0.39, 0.29) is 44.1 Å². The number of nitrogens with two attached hydrogens (primary N) is 1. The van der Waals surface area contributed by atoms with Crippen molar-refractivity contribution in [3.8, 4) is 17.2 Å². The SMILES string of the molecule is C=C/C=C(\C(C)=C(\C)N)c1ccc(C[C@H](NC(=O)[C@@H]2Cc3cc4c(cc3CN2C(=O)N(C(C)C)C(C)C)O[C@@H](c2ccc(OCc3ccc(Cl)c(Cl)c3)cc2)CO4)C(=O)O)cc1. The van der Waals surface area contributed by atoms with Crippen LogP contribution in [0.1, 0.15) is 81.0 Å². The van der Waals surface area contributed by atoms with Crippen LogP contribution < -0.4 is 25.3 Å². The van der Waals surface area contributed by atoms with Gasteiger partial charge in [-0.15, -0.1) is 0 Å². The second-order valence-electron chi connectivity index (χ2n) is 16.2. The third kappa shape index (κ3) is 10.6. The molecule has 2 heterocycles. The summed E-state index contributed by atoms with van der Waals surface area (Å²) in [7, 11) is 0. The Morgan fingerprint density at radius 3 is 2.21 bits per heavy atom. The van der Waals surface area contributed by atoms with Gasteiger partial charge < -0.3 is 40.2 Å². The van der Waals surface area contributed by atoms with Gasteiger partial charge in [0.05, 0.1) is 10.0 Å². The Morgan fingerprint density at radius 1 is 0.935 bits per heavy atom. The smallest absolute Gasteiger partial charge is 0.326 e. The summed E-state index contributed by atoms with van der Waals surface area (Å²) in [4.78, 5) is 44.6. The highest BCUT2D eigenvalue weighted by molar-refractivity contribution is 6.42. The van der Waals surface area contributed by atoms with E-state index in [4.69, 9.17) is 43.1 Å². The van der Waals surface area contributed by atoms with Crippen LogP contribution in [0, 0.1) is 0 Å². The number of rotatable bonds is 14. The first-order chi connectivity index (χ1) is 29.5. The largest absolute Gasteiger partial charge is 0.489 e. The highest BCUT2D eigenvalue weighted by atomic mass is 35.5. The third-order valence-corrected chi connectivity index (χ3v) is 11.9. The van der Waals surface area contributed by atoms with Gasteiger partial charge >= 0.3 is 12.0 Å². The van der Waals surface area contributed by atoms with Gasteiger partial charge in [-0.25, -0.2) is 9.59 Å². The molecular weight excluding hydrogens is 827 g/mol. The van der Waals surface area contributed by atoms with Gasteiger partial charge in [-0.1, -0.05) is 84.4 Å². The summed E-state index contributed by atoms with van der Waals surface area (Å²) in [5, 5.41) is 14.1. The number of carboxylic acids is 1. The van der Waals surface area contributed by atoms with E-state index in [1.165, 1.54) is 0 Å². The molecule has 4 N–H and O–H groups in total. The molecule has 3 atom stereocenters. The van der Waals surface area contributed by atoms with E-state index in [0.717, 1.165) is 39.0 Å². The van der Waals surface area contributed by atoms with Crippen LogP contribution in [0.2, 0.25) is 10.0 Å². The molecule has 0 radical (unpaired) electrons. The minimum Gasteiger partial charge on any atom is -0.489 e. The zero-order valence-electron chi connectivity index (χ0n) is 35.9. The molecule has 13 heteroatoms. The molecule has 2 aliphatic rings. The fraction of sp³-hybridized carbons (Fsp3) is 0.327. The second kappa shape index (κ2) is 19.9. The number of halogens is 2. The standard InChI is InChI=1S/C49H54Cl2N4O7/c1-8-9-39(30(6)31(7)52)34-13-10-32(11-14-34)21-42(48(57)58)53-47(56)43-22-36-23-44-45(24-37(36)25-54(43)49(59)55(28(2)3)29(4)5)62-46(27-61-44)35-15-17-38(18-16-35)60-26-33-12-19-40(50)41(51)20-33/h8-20,23-24,28-29,42-43,46H,1,21-22,25-27,52H2,2-7H3,(H,53,56)(H,57,58)/b31-30-,39-9+/t42-,43-,46+/m0/s1. The van der Waals surface area contributed by atoms with Crippen molar-refractivity contribution < 1.29 is 33.7 Å². The molecule has 0 aromatic heterocycles. The van der Waals surface area contributed by atoms with E-state index in [2.05, 4.69) is 11.9 Å². The maximum atomic E-state index is 14.4. The third-order valence-electron chi connectivity index (χ3n) is 11.2. The number of urea groups is 1. The lowest BCUT2D eigenvalue weighted by Crippen LogP contribution is -2.60. The first kappa shape index (κ1) is 45.6. The molecule has 0 saturated heterocycles. The predicted octanol–water partition coefficient (Wildman–Crippen LogP) is 9.68. The normalized spacial score (nSPS) is 16.9. The van der Waals surface area contributed by atoms with Crippen LogP contribution >= 0.6 is 23.2 Å². The van der Waals surface area contributed by atoms with Crippen molar-refractivity contribution in [1.82, 2.24) is 15.1 Å². The number of aliphatic carboxylic acids is 1. The quantitative estimate of drug-likeness (QED) is 0.106. The maximum Gasteiger partial charge on any atom is 0.326 e. The number of benzene rings is 4. The maximum absolute atomic E-state index is 14.4. The zero-order valence-corrected chi connectivity index (χ0v) is 37.4. The summed E-state index contributed by atoms with van der Waals surface area (Å²) in [6.45, 7) is 16.0. The Balaban J connectivity index is 1.20. The molecule has 62 heavy (non-hydrogen) atoms. The molecule has 0 saturated carbocycles. The van der Waals surface area contributed by atoms with E-state index in [1.807, 2.05) is 114 Å². The van der Waals surface area contributed by atoms with Crippen molar-refractivity contribution in [2.75, 3.05) is 6.61 Å². The molecule has 0 fully saturated rings. The summed E-state index contributed by atoms with van der Waals surface area (Å²) in [6, 6.07) is 21.3. The van der Waals surface area contributed by atoms with Crippen molar-refractivity contribution in [1.29, 1.82) is 0 Å². The number of hydrogen-bond donors (Lipinski definition) is 3. The van der Waals surface area contributed by atoms with Gasteiger partial charge in [0.1, 0.15) is 31.0 Å². The summed E-state index contributed by atoms with van der Waals surface area (Å²) in [5.41, 5.74) is 13.6. The number of ether oxygens (including phenoxy) is 3. The number of fused-ring (bicyclic) bond motifs is 2. The average Bonchev–Trinajstić information content (AvgIpc) is 3.24. The fourth-order valence-corrected chi connectivity index (χ4v) is 8.12. The Morgan fingerprint density at radius 2 is 1.60 bits per heavy atom. The number of nitrogens with one attached hydrogen (secondary N) is 1. The Kier molecular flexibility index (Phi) is 14.6. The first-order valence-corrected chi connectivity index (χ1v) is 21.4. The number of nitrogens with zero attached hydrogens (tertiary/aromatic N) is 2. The summed E-state index contributed by atoms with van der Waals surface area (Å²) >= 11 is 12.2. The molecule has 6 rings (SSSR count). The number of carboxylic acid groups (broad SMARTS) is 1. The molecule has 3 amide bonds. The van der Waals surface area contributed by atoms with Gasteiger partial charge in [0, 0.05) is 37.2 Å². The molecule has 0 aliphatic carbocycles. The van der Waals surface area contributed by atoms with Crippen molar-refractivity contribution in [2.24, 2.45) is 5.73 Å². The van der Waals surface area contributed by atoms with Gasteiger partial charge in [0.25, 0.3) is 0 Å². The van der Waals surface area contributed by atoms with Crippen molar-refractivity contribution in [2.45, 2.75) is 97.8 Å². The molecule has 326 valence electrons. The fourth-order valence-electron chi connectivity index (χ4n) is 7.80. The Bertz CT molecular complexity index is 2360. The van der Waals surface area contributed by atoms with Crippen LogP contribution in [-0.4, -0.2) is 63.6 Å². The molecule has 2 aliphatic heterocycles. The average molecular weight is 882 g/mol. The van der Waals surface area contributed by atoms with Crippen LogP contribution in [0.15, 0.2) is 109 Å². The molecule has 4 aromatic carbocycles. The monoisotopic (exact) mass is 880 g/mol. The van der Waals surface area contributed by atoms with E-state index in [9.17, 15) is 19.5 Å². The van der Waals surface area contributed by atoms with Crippen LogP contribution in [0.5, 0.6) is 17.2 Å². The minimum absolute atomic E-state index is 0.0301. The minimum atomic E-state index is -1.26. The molecule has 0 spiro atoms. The van der Waals surface area contributed by atoms with Gasteiger partial charge in [-0.05, 0) is 122 Å². The van der Waals surface area contributed by atoms with Gasteiger partial charge in [0.2, 0.25) is 5.91 Å². The highest BCUT2D eigenvalue weighted by Crippen LogP contribution is 2.41. The molecule has 0 unspecified atom stereocenters. The summed E-state index contributed by atoms with van der Waals surface area (Å²) in [5.74, 6) is -0.0284. The van der Waals surface area contributed by atoms with Crippen LogP contribution in [-0.2, 0) is 35.6 Å². The number of carbonyl (C=O) groups is 3. The lowest BCUT2D eigenvalue weighted by molar-refractivity contribution is -0.142. The number of hydrogen-bond acceptors (Lipinski definition) is 7. The zero-order chi connectivity index (χ0) is 44.8. The first-order valence-electron chi connectivity index (χ1n) is 20.6. The van der Waals surface area contributed by atoms with Gasteiger partial charge in [-0.3, -0.25) is 4.79 Å². The Labute approximate surface area is 373 Å². The number of carbonyl (C=O) groups excluding carboxylic acids is 2. The lowest BCUT2D eigenvalue weighted by atomic mass is 9.92. The van der Waals surface area contributed by atoms with Crippen LogP contribution in [0.4, 0.5) is 4.79 Å². The van der Waals surface area contributed by atoms with E-state index < -0.39 is 30.1 Å². The predicted molar refractivity (Wildman–Crippen MR) is 244 cm³/mol. The molecule has 0 bridgehead atoms. The van der Waals surface area contributed by atoms with Crippen LogP contribution in [0.25, 0.3) is 5.57 Å². The van der Waals surface area contributed by atoms with E-state index >= 15 is 0 Å².